The van der Waals surface area contributed by atoms with Gasteiger partial charge in [0.2, 0.25) is 5.78 Å². The van der Waals surface area contributed by atoms with Crippen molar-refractivity contribution in [3.63, 3.8) is 0 Å². The van der Waals surface area contributed by atoms with Crippen LogP contribution in [0, 0.1) is 0 Å². The Kier molecular flexibility index (Phi) is 2.90. The molecule has 2 aromatic heterocycles. The standard InChI is InChI=1S/C15H10N2O2/c18-15(12-8-16-10-17-9-12)14-7-6-13(19-14)11-4-2-1-3-5-11/h1-10H. The van der Waals surface area contributed by atoms with E-state index in [-0.39, 0.29) is 11.5 Å². The molecule has 92 valence electrons. The van der Waals surface area contributed by atoms with Gasteiger partial charge in [0.1, 0.15) is 12.1 Å². The lowest BCUT2D eigenvalue weighted by Crippen LogP contribution is -2.00. The average Bonchev–Trinajstić information content (AvgIpc) is 2.98. The molecule has 0 aliphatic carbocycles. The van der Waals surface area contributed by atoms with Crippen molar-refractivity contribution in [2.45, 2.75) is 0 Å². The molecule has 0 unspecified atom stereocenters. The zero-order valence-corrected chi connectivity index (χ0v) is 9.98. The van der Waals surface area contributed by atoms with E-state index in [4.69, 9.17) is 4.42 Å². The minimum Gasteiger partial charge on any atom is -0.453 e. The second kappa shape index (κ2) is 4.86. The van der Waals surface area contributed by atoms with E-state index in [0.29, 0.717) is 11.3 Å². The molecule has 0 saturated heterocycles. The molecule has 1 aromatic carbocycles. The molecule has 19 heavy (non-hydrogen) atoms. The van der Waals surface area contributed by atoms with Crippen LogP contribution in [0.5, 0.6) is 0 Å². The van der Waals surface area contributed by atoms with Gasteiger partial charge in [-0.3, -0.25) is 4.79 Å². The fourth-order valence-corrected chi connectivity index (χ4v) is 1.78. The number of aromatic nitrogens is 2. The lowest BCUT2D eigenvalue weighted by Gasteiger charge is -1.97. The first kappa shape index (κ1) is 11.3. The van der Waals surface area contributed by atoms with Crippen molar-refractivity contribution in [1.29, 1.82) is 0 Å². The summed E-state index contributed by atoms with van der Waals surface area (Å²) >= 11 is 0. The summed E-state index contributed by atoms with van der Waals surface area (Å²) in [6.45, 7) is 0. The van der Waals surface area contributed by atoms with E-state index in [9.17, 15) is 4.79 Å². The molecule has 0 spiro atoms. The molecule has 0 atom stereocenters. The Bertz CT molecular complexity index is 690. The molecule has 4 nitrogen and oxygen atoms in total. The maximum Gasteiger partial charge on any atom is 0.231 e. The molecular formula is C15H10N2O2. The van der Waals surface area contributed by atoms with Crippen molar-refractivity contribution in [1.82, 2.24) is 9.97 Å². The first-order valence-corrected chi connectivity index (χ1v) is 5.79. The number of carbonyl (C=O) groups excluding carboxylic acids is 1. The van der Waals surface area contributed by atoms with Gasteiger partial charge in [0.05, 0.1) is 5.56 Å². The van der Waals surface area contributed by atoms with Crippen LogP contribution in [-0.4, -0.2) is 15.8 Å². The van der Waals surface area contributed by atoms with Crippen molar-refractivity contribution in [3.05, 3.63) is 72.5 Å². The molecule has 0 saturated carbocycles. The number of rotatable bonds is 3. The van der Waals surface area contributed by atoms with Gasteiger partial charge in [-0.25, -0.2) is 9.97 Å². The third kappa shape index (κ3) is 2.28. The summed E-state index contributed by atoms with van der Waals surface area (Å²) in [7, 11) is 0. The average molecular weight is 250 g/mol. The molecule has 0 bridgehead atoms. The predicted molar refractivity (Wildman–Crippen MR) is 69.6 cm³/mol. The van der Waals surface area contributed by atoms with E-state index < -0.39 is 0 Å². The molecule has 3 rings (SSSR count). The Morgan fingerprint density at radius 3 is 2.42 bits per heavy atom. The fraction of sp³-hybridized carbons (Fsp3) is 0. The maximum absolute atomic E-state index is 12.1. The number of benzene rings is 1. The topological polar surface area (TPSA) is 56.0 Å². The number of hydrogen-bond donors (Lipinski definition) is 0. The number of carbonyl (C=O) groups is 1. The first-order valence-electron chi connectivity index (χ1n) is 5.79. The summed E-state index contributed by atoms with van der Waals surface area (Å²) in [5, 5.41) is 0. The Labute approximate surface area is 109 Å². The highest BCUT2D eigenvalue weighted by Crippen LogP contribution is 2.22. The Balaban J connectivity index is 1.92. The highest BCUT2D eigenvalue weighted by atomic mass is 16.3. The van der Waals surface area contributed by atoms with Crippen LogP contribution in [0.2, 0.25) is 0 Å². The van der Waals surface area contributed by atoms with Gasteiger partial charge >= 0.3 is 0 Å². The normalized spacial score (nSPS) is 10.3. The molecular weight excluding hydrogens is 240 g/mol. The maximum atomic E-state index is 12.1. The van der Waals surface area contributed by atoms with Crippen LogP contribution in [0.4, 0.5) is 0 Å². The highest BCUT2D eigenvalue weighted by Gasteiger charge is 2.14. The van der Waals surface area contributed by atoms with Gasteiger partial charge in [-0.15, -0.1) is 0 Å². The van der Waals surface area contributed by atoms with E-state index in [1.165, 1.54) is 18.7 Å². The number of hydrogen-bond acceptors (Lipinski definition) is 4. The van der Waals surface area contributed by atoms with Crippen LogP contribution in [0.3, 0.4) is 0 Å². The molecule has 2 heterocycles. The van der Waals surface area contributed by atoms with Gasteiger partial charge < -0.3 is 4.42 Å². The van der Waals surface area contributed by atoms with E-state index in [0.717, 1.165) is 5.56 Å². The summed E-state index contributed by atoms with van der Waals surface area (Å²) in [6.07, 6.45) is 4.33. The van der Waals surface area contributed by atoms with Gasteiger partial charge in [-0.05, 0) is 12.1 Å². The van der Waals surface area contributed by atoms with Crippen LogP contribution >= 0.6 is 0 Å². The SMILES string of the molecule is O=C(c1cncnc1)c1ccc(-c2ccccc2)o1. The highest BCUT2D eigenvalue weighted by molar-refractivity contribution is 6.06. The van der Waals surface area contributed by atoms with Crippen LogP contribution in [0.1, 0.15) is 16.1 Å². The first-order chi connectivity index (χ1) is 9.34. The fourth-order valence-electron chi connectivity index (χ4n) is 1.78. The van der Waals surface area contributed by atoms with E-state index in [1.54, 1.807) is 12.1 Å². The summed E-state index contributed by atoms with van der Waals surface area (Å²) in [4.78, 5) is 19.8. The van der Waals surface area contributed by atoms with Gasteiger partial charge in [-0.1, -0.05) is 30.3 Å². The predicted octanol–water partition coefficient (Wildman–Crippen LogP) is 2.97. The van der Waals surface area contributed by atoms with E-state index in [2.05, 4.69) is 9.97 Å². The number of furan rings is 1. The number of nitrogens with zero attached hydrogens (tertiary/aromatic N) is 2. The Hall–Kier alpha value is -2.75. The smallest absolute Gasteiger partial charge is 0.231 e. The molecule has 0 amide bonds. The van der Waals surface area contributed by atoms with Gasteiger partial charge in [-0.2, -0.15) is 0 Å². The minimum atomic E-state index is -0.220. The van der Waals surface area contributed by atoms with Gasteiger partial charge in [0.25, 0.3) is 0 Å². The minimum absolute atomic E-state index is 0.220. The van der Waals surface area contributed by atoms with Gasteiger partial charge in [0, 0.05) is 18.0 Å². The summed E-state index contributed by atoms with van der Waals surface area (Å²) < 4.78 is 5.58. The van der Waals surface area contributed by atoms with E-state index in [1.807, 2.05) is 30.3 Å². The van der Waals surface area contributed by atoms with Crippen molar-refractivity contribution in [3.8, 4) is 11.3 Å². The summed E-state index contributed by atoms with van der Waals surface area (Å²) in [5.41, 5.74) is 1.35. The molecule has 0 aliphatic rings. The monoisotopic (exact) mass is 250 g/mol. The lowest BCUT2D eigenvalue weighted by molar-refractivity contribution is 0.101. The molecule has 4 heteroatoms. The quantitative estimate of drug-likeness (QED) is 0.670. The second-order valence-corrected chi connectivity index (χ2v) is 3.99. The number of ketones is 1. The van der Waals surface area contributed by atoms with E-state index >= 15 is 0 Å². The van der Waals surface area contributed by atoms with Crippen LogP contribution < -0.4 is 0 Å². The molecule has 0 N–H and O–H groups in total. The Morgan fingerprint density at radius 2 is 1.68 bits per heavy atom. The van der Waals surface area contributed by atoms with Crippen molar-refractivity contribution >= 4 is 5.78 Å². The Morgan fingerprint density at radius 1 is 0.947 bits per heavy atom. The molecule has 0 aliphatic heterocycles. The van der Waals surface area contributed by atoms with Crippen LogP contribution in [0.25, 0.3) is 11.3 Å². The van der Waals surface area contributed by atoms with Crippen LogP contribution in [0.15, 0.2) is 65.6 Å². The molecule has 0 radical (unpaired) electrons. The molecule has 3 aromatic rings. The lowest BCUT2D eigenvalue weighted by atomic mass is 10.2. The van der Waals surface area contributed by atoms with Crippen molar-refractivity contribution < 1.29 is 9.21 Å². The zero-order valence-electron chi connectivity index (χ0n) is 9.98. The third-order valence-corrected chi connectivity index (χ3v) is 2.71. The summed E-state index contributed by atoms with van der Waals surface area (Å²) in [5.74, 6) is 0.734. The molecule has 0 fully saturated rings. The van der Waals surface area contributed by atoms with Crippen molar-refractivity contribution in [2.75, 3.05) is 0 Å². The zero-order chi connectivity index (χ0) is 13.1. The third-order valence-electron chi connectivity index (χ3n) is 2.71. The van der Waals surface area contributed by atoms with Crippen LogP contribution in [-0.2, 0) is 0 Å². The van der Waals surface area contributed by atoms with Crippen molar-refractivity contribution in [2.24, 2.45) is 0 Å². The second-order valence-electron chi connectivity index (χ2n) is 3.99. The van der Waals surface area contributed by atoms with Gasteiger partial charge in [0.15, 0.2) is 5.76 Å². The largest absolute Gasteiger partial charge is 0.453 e. The summed E-state index contributed by atoms with van der Waals surface area (Å²) in [6, 6.07) is 13.1.